The molecule has 1 aliphatic heterocycles. The molecule has 0 aliphatic carbocycles. The highest BCUT2D eigenvalue weighted by Crippen LogP contribution is 2.24. The average molecular weight is 312 g/mol. The highest BCUT2D eigenvalue weighted by Gasteiger charge is 2.34. The van der Waals surface area contributed by atoms with Gasteiger partial charge >= 0.3 is 0 Å². The number of aliphatic hydroxyl groups is 1. The van der Waals surface area contributed by atoms with E-state index in [2.05, 4.69) is 5.32 Å². The summed E-state index contributed by atoms with van der Waals surface area (Å²) in [7, 11) is 0. The molecule has 0 aromatic heterocycles. The Balaban J connectivity index is 2.58. The Labute approximate surface area is 134 Å². The Morgan fingerprint density at radius 2 is 1.86 bits per heavy atom. The average Bonchev–Trinajstić information content (AvgIpc) is 2.43. The zero-order valence-electron chi connectivity index (χ0n) is 14.9. The summed E-state index contributed by atoms with van der Waals surface area (Å²) in [4.78, 5) is 26.5. The number of nitrogens with zero attached hydrogens (tertiary/aromatic N) is 1. The van der Waals surface area contributed by atoms with E-state index in [1.54, 1.807) is 11.8 Å². The number of carbonyl (C=O) groups excluding carboxylic acids is 2. The lowest BCUT2D eigenvalue weighted by Crippen LogP contribution is -2.51. The van der Waals surface area contributed by atoms with E-state index in [4.69, 9.17) is 0 Å². The Morgan fingerprint density at radius 3 is 2.36 bits per heavy atom. The lowest BCUT2D eigenvalue weighted by molar-refractivity contribution is -0.143. The number of likely N-dealkylation sites (tertiary alicyclic amines) is 1. The molecule has 0 radical (unpaired) electrons. The van der Waals surface area contributed by atoms with E-state index in [0.717, 1.165) is 19.4 Å². The van der Waals surface area contributed by atoms with Crippen LogP contribution in [0, 0.1) is 17.3 Å². The van der Waals surface area contributed by atoms with Crippen molar-refractivity contribution in [2.75, 3.05) is 19.6 Å². The second-order valence-corrected chi connectivity index (χ2v) is 8.07. The summed E-state index contributed by atoms with van der Waals surface area (Å²) in [5.74, 6) is -0.0763. The van der Waals surface area contributed by atoms with Crippen molar-refractivity contribution >= 4 is 11.8 Å². The van der Waals surface area contributed by atoms with Gasteiger partial charge in [-0.3, -0.25) is 9.59 Å². The van der Waals surface area contributed by atoms with E-state index >= 15 is 0 Å². The van der Waals surface area contributed by atoms with Gasteiger partial charge < -0.3 is 15.3 Å². The van der Waals surface area contributed by atoms with Crippen LogP contribution in [0.4, 0.5) is 0 Å². The molecule has 1 saturated heterocycles. The molecule has 2 N–H and O–H groups in total. The first-order chi connectivity index (χ1) is 9.95. The molecule has 1 aliphatic rings. The Bertz CT molecular complexity index is 411. The van der Waals surface area contributed by atoms with Gasteiger partial charge in [-0.2, -0.15) is 0 Å². The van der Waals surface area contributed by atoms with Crippen LogP contribution in [-0.2, 0) is 9.59 Å². The van der Waals surface area contributed by atoms with Gasteiger partial charge in [-0.05, 0) is 25.7 Å². The first-order valence-corrected chi connectivity index (χ1v) is 8.24. The lowest BCUT2D eigenvalue weighted by Gasteiger charge is -2.36. The van der Waals surface area contributed by atoms with Crippen LogP contribution in [0.3, 0.4) is 0 Å². The van der Waals surface area contributed by atoms with E-state index in [1.165, 1.54) is 0 Å². The van der Waals surface area contributed by atoms with Crippen LogP contribution in [0.2, 0.25) is 0 Å². The second kappa shape index (κ2) is 6.99. The molecule has 128 valence electrons. The van der Waals surface area contributed by atoms with Gasteiger partial charge in [0.25, 0.3) is 0 Å². The summed E-state index contributed by atoms with van der Waals surface area (Å²) in [5.41, 5.74) is -1.33. The van der Waals surface area contributed by atoms with Crippen LogP contribution in [0.1, 0.15) is 54.4 Å². The predicted octanol–water partition coefficient (Wildman–Crippen LogP) is 1.79. The number of carbonyl (C=O) groups is 2. The molecule has 0 saturated carbocycles. The number of hydrogen-bond donors (Lipinski definition) is 2. The van der Waals surface area contributed by atoms with E-state index in [-0.39, 0.29) is 30.2 Å². The topological polar surface area (TPSA) is 69.6 Å². The molecule has 22 heavy (non-hydrogen) atoms. The number of amides is 2. The molecule has 0 aromatic carbocycles. The van der Waals surface area contributed by atoms with Crippen molar-refractivity contribution in [2.24, 2.45) is 17.3 Å². The van der Waals surface area contributed by atoms with Crippen molar-refractivity contribution in [2.45, 2.75) is 60.0 Å². The maximum absolute atomic E-state index is 12.3. The van der Waals surface area contributed by atoms with Gasteiger partial charge in [0, 0.05) is 25.0 Å². The first kappa shape index (κ1) is 18.9. The monoisotopic (exact) mass is 312 g/mol. The van der Waals surface area contributed by atoms with Crippen molar-refractivity contribution in [3.05, 3.63) is 0 Å². The molecule has 0 spiro atoms. The van der Waals surface area contributed by atoms with Crippen molar-refractivity contribution in [3.8, 4) is 0 Å². The third-order valence-corrected chi connectivity index (χ3v) is 4.59. The molecule has 2 amide bonds. The summed E-state index contributed by atoms with van der Waals surface area (Å²) in [5, 5.41) is 13.1. The van der Waals surface area contributed by atoms with Crippen LogP contribution >= 0.6 is 0 Å². The van der Waals surface area contributed by atoms with E-state index in [0.29, 0.717) is 6.54 Å². The van der Waals surface area contributed by atoms with E-state index < -0.39 is 11.0 Å². The normalized spacial score (nSPS) is 22.4. The zero-order chi connectivity index (χ0) is 17.1. The van der Waals surface area contributed by atoms with Crippen molar-refractivity contribution < 1.29 is 14.7 Å². The Kier molecular flexibility index (Phi) is 6.02. The SMILES string of the molecule is CC(C)C(C)(O)CNC(=O)C1CCCN(C(=O)C(C)(C)C)C1. The summed E-state index contributed by atoms with van der Waals surface area (Å²) >= 11 is 0. The smallest absolute Gasteiger partial charge is 0.227 e. The molecule has 1 rings (SSSR count). The molecule has 5 heteroatoms. The molecule has 2 atom stereocenters. The van der Waals surface area contributed by atoms with Crippen LogP contribution in [-0.4, -0.2) is 47.1 Å². The van der Waals surface area contributed by atoms with Gasteiger partial charge in [0.05, 0.1) is 11.5 Å². The van der Waals surface area contributed by atoms with Crippen LogP contribution in [0.5, 0.6) is 0 Å². The highest BCUT2D eigenvalue weighted by atomic mass is 16.3. The fraction of sp³-hybridized carbons (Fsp3) is 0.882. The largest absolute Gasteiger partial charge is 0.388 e. The third kappa shape index (κ3) is 4.97. The quantitative estimate of drug-likeness (QED) is 0.831. The van der Waals surface area contributed by atoms with Gasteiger partial charge in [0.15, 0.2) is 0 Å². The zero-order valence-corrected chi connectivity index (χ0v) is 14.9. The number of hydrogen-bond acceptors (Lipinski definition) is 3. The molecule has 1 fully saturated rings. The maximum Gasteiger partial charge on any atom is 0.227 e. The molecule has 2 unspecified atom stereocenters. The fourth-order valence-corrected chi connectivity index (χ4v) is 2.46. The van der Waals surface area contributed by atoms with Crippen LogP contribution < -0.4 is 5.32 Å². The third-order valence-electron chi connectivity index (χ3n) is 4.59. The molecule has 5 nitrogen and oxygen atoms in total. The molecule has 0 bridgehead atoms. The van der Waals surface area contributed by atoms with Crippen molar-refractivity contribution in [1.29, 1.82) is 0 Å². The van der Waals surface area contributed by atoms with Gasteiger partial charge in [0.2, 0.25) is 11.8 Å². The summed E-state index contributed by atoms with van der Waals surface area (Å²) in [6.07, 6.45) is 1.64. The fourth-order valence-electron chi connectivity index (χ4n) is 2.46. The summed E-state index contributed by atoms with van der Waals surface area (Å²) < 4.78 is 0. The maximum atomic E-state index is 12.3. The molecule has 1 heterocycles. The first-order valence-electron chi connectivity index (χ1n) is 8.24. The minimum atomic E-state index is -0.911. The molecular formula is C17H32N2O3. The minimum Gasteiger partial charge on any atom is -0.388 e. The number of piperidine rings is 1. The molecular weight excluding hydrogens is 280 g/mol. The number of nitrogens with one attached hydrogen (secondary N) is 1. The lowest BCUT2D eigenvalue weighted by atomic mass is 9.90. The van der Waals surface area contributed by atoms with Gasteiger partial charge in [-0.1, -0.05) is 34.6 Å². The molecule has 0 aromatic rings. The van der Waals surface area contributed by atoms with Crippen molar-refractivity contribution in [3.63, 3.8) is 0 Å². The Hall–Kier alpha value is -1.10. The summed E-state index contributed by atoms with van der Waals surface area (Å²) in [6.45, 7) is 12.7. The van der Waals surface area contributed by atoms with Crippen LogP contribution in [0.15, 0.2) is 0 Å². The number of rotatable bonds is 4. The van der Waals surface area contributed by atoms with Gasteiger partial charge in [-0.15, -0.1) is 0 Å². The van der Waals surface area contributed by atoms with Gasteiger partial charge in [-0.25, -0.2) is 0 Å². The van der Waals surface area contributed by atoms with Crippen molar-refractivity contribution in [1.82, 2.24) is 10.2 Å². The van der Waals surface area contributed by atoms with E-state index in [9.17, 15) is 14.7 Å². The minimum absolute atomic E-state index is 0.0627. The second-order valence-electron chi connectivity index (χ2n) is 8.07. The summed E-state index contributed by atoms with van der Waals surface area (Å²) in [6, 6.07) is 0. The highest BCUT2D eigenvalue weighted by molar-refractivity contribution is 5.83. The predicted molar refractivity (Wildman–Crippen MR) is 87.2 cm³/mol. The van der Waals surface area contributed by atoms with Crippen LogP contribution in [0.25, 0.3) is 0 Å². The van der Waals surface area contributed by atoms with E-state index in [1.807, 2.05) is 34.6 Å². The standard InChI is InChI=1S/C17H32N2O3/c1-12(2)17(6,22)11-18-14(20)13-8-7-9-19(10-13)15(21)16(3,4)5/h12-13,22H,7-11H2,1-6H3,(H,18,20). The van der Waals surface area contributed by atoms with Gasteiger partial charge in [0.1, 0.15) is 0 Å². The Morgan fingerprint density at radius 1 is 1.27 bits per heavy atom.